The molecule has 2 rings (SSSR count). The minimum absolute atomic E-state index is 0.127. The first-order chi connectivity index (χ1) is 10.1. The maximum Gasteiger partial charge on any atom is 0.274 e. The molecule has 1 N–H and O–H groups in total. The maximum atomic E-state index is 12.1. The summed E-state index contributed by atoms with van der Waals surface area (Å²) in [5, 5.41) is 3.18. The van der Waals surface area contributed by atoms with Gasteiger partial charge >= 0.3 is 0 Å². The smallest absolute Gasteiger partial charge is 0.274 e. The van der Waals surface area contributed by atoms with Gasteiger partial charge in [0, 0.05) is 22.8 Å². The molecule has 21 heavy (non-hydrogen) atoms. The average Bonchev–Trinajstić information content (AvgIpc) is 2.47. The van der Waals surface area contributed by atoms with Gasteiger partial charge in [-0.15, -0.1) is 0 Å². The Balaban J connectivity index is 1.97. The highest BCUT2D eigenvalue weighted by atomic mass is 35.5. The van der Waals surface area contributed by atoms with E-state index in [1.807, 2.05) is 0 Å². The third-order valence-corrected chi connectivity index (χ3v) is 4.21. The number of hydrogen-bond acceptors (Lipinski definition) is 3. The Morgan fingerprint density at radius 2 is 2.05 bits per heavy atom. The summed E-state index contributed by atoms with van der Waals surface area (Å²) >= 11 is 4.41. The van der Waals surface area contributed by atoms with Crippen molar-refractivity contribution in [1.29, 1.82) is 0 Å². The van der Waals surface area contributed by atoms with Gasteiger partial charge in [-0.05, 0) is 35.4 Å². The minimum Gasteiger partial charge on any atom is -0.611 e. The summed E-state index contributed by atoms with van der Waals surface area (Å²) in [7, 11) is 1.55. The van der Waals surface area contributed by atoms with Crippen LogP contribution in [0.25, 0.3) is 0 Å². The molecule has 0 saturated heterocycles. The van der Waals surface area contributed by atoms with E-state index < -0.39 is 11.2 Å². The molecule has 1 atom stereocenters. The molecule has 1 unspecified atom stereocenters. The van der Waals surface area contributed by atoms with Gasteiger partial charge in [-0.1, -0.05) is 23.7 Å². The van der Waals surface area contributed by atoms with Gasteiger partial charge in [0.15, 0.2) is 10.6 Å². The fourth-order valence-corrected chi connectivity index (χ4v) is 2.93. The third kappa shape index (κ3) is 4.67. The van der Waals surface area contributed by atoms with Gasteiger partial charge in [-0.25, -0.2) is 0 Å². The molecule has 6 heteroatoms. The molecule has 0 saturated carbocycles. The molecular formula is C15H14ClNO3S. The first-order valence-corrected chi connectivity index (χ1v) is 7.86. The summed E-state index contributed by atoms with van der Waals surface area (Å²) in [5.41, 5.74) is 0.599. The molecule has 0 aliphatic rings. The Morgan fingerprint density at radius 3 is 2.76 bits per heavy atom. The van der Waals surface area contributed by atoms with Crippen LogP contribution in [-0.4, -0.2) is 23.3 Å². The van der Waals surface area contributed by atoms with Crippen molar-refractivity contribution in [2.75, 3.05) is 18.2 Å². The van der Waals surface area contributed by atoms with E-state index in [4.69, 9.17) is 16.3 Å². The number of anilines is 1. The van der Waals surface area contributed by atoms with Gasteiger partial charge in [0.1, 0.15) is 5.75 Å². The Kier molecular flexibility index (Phi) is 5.50. The first kappa shape index (κ1) is 15.7. The fraction of sp³-hybridized carbons (Fsp3) is 0.133. The lowest BCUT2D eigenvalue weighted by atomic mass is 10.3. The molecule has 0 bridgehead atoms. The number of carbonyl (C=O) groups is 1. The molecule has 0 radical (unpaired) electrons. The molecule has 2 aromatic rings. The van der Waals surface area contributed by atoms with Gasteiger partial charge in [0.25, 0.3) is 5.91 Å². The number of hydrogen-bond donors (Lipinski definition) is 1. The molecule has 110 valence electrons. The average molecular weight is 324 g/mol. The number of methoxy groups -OCH3 is 1. The fourth-order valence-electron chi connectivity index (χ4n) is 1.71. The van der Waals surface area contributed by atoms with Crippen molar-refractivity contribution in [2.45, 2.75) is 4.90 Å². The second kappa shape index (κ2) is 7.36. The van der Waals surface area contributed by atoms with Crippen molar-refractivity contribution in [3.05, 3.63) is 53.6 Å². The van der Waals surface area contributed by atoms with Crippen LogP contribution in [0.3, 0.4) is 0 Å². The summed E-state index contributed by atoms with van der Waals surface area (Å²) in [4.78, 5) is 12.4. The van der Waals surface area contributed by atoms with Crippen LogP contribution >= 0.6 is 11.6 Å². The number of carbonyl (C=O) groups excluding carboxylic acids is 1. The van der Waals surface area contributed by atoms with Crippen LogP contribution in [0.1, 0.15) is 0 Å². The summed E-state index contributed by atoms with van der Waals surface area (Å²) in [6, 6.07) is 13.6. The van der Waals surface area contributed by atoms with E-state index in [2.05, 4.69) is 5.32 Å². The number of amides is 1. The molecule has 0 spiro atoms. The van der Waals surface area contributed by atoms with Gasteiger partial charge in [0.2, 0.25) is 0 Å². The molecular weight excluding hydrogens is 310 g/mol. The first-order valence-electron chi connectivity index (χ1n) is 6.16. The minimum atomic E-state index is -1.43. The number of nitrogens with one attached hydrogen (secondary N) is 1. The summed E-state index contributed by atoms with van der Waals surface area (Å²) in [6.45, 7) is 0. The largest absolute Gasteiger partial charge is 0.611 e. The van der Waals surface area contributed by atoms with Crippen molar-refractivity contribution in [2.24, 2.45) is 0 Å². The van der Waals surface area contributed by atoms with Crippen LogP contribution in [0.5, 0.6) is 5.75 Å². The molecule has 4 nitrogen and oxygen atoms in total. The maximum absolute atomic E-state index is 12.1. The van der Waals surface area contributed by atoms with Gasteiger partial charge in [-0.2, -0.15) is 0 Å². The van der Waals surface area contributed by atoms with E-state index in [0.29, 0.717) is 21.4 Å². The molecule has 1 amide bonds. The lowest BCUT2D eigenvalue weighted by molar-refractivity contribution is -0.113. The summed E-state index contributed by atoms with van der Waals surface area (Å²) < 4.78 is 17.2. The molecule has 0 fully saturated rings. The van der Waals surface area contributed by atoms with E-state index in [1.165, 1.54) is 0 Å². The van der Waals surface area contributed by atoms with Crippen molar-refractivity contribution < 1.29 is 14.1 Å². The van der Waals surface area contributed by atoms with Crippen LogP contribution < -0.4 is 10.1 Å². The van der Waals surface area contributed by atoms with Crippen molar-refractivity contribution in [3.8, 4) is 5.75 Å². The van der Waals surface area contributed by atoms with Crippen LogP contribution in [0.2, 0.25) is 5.02 Å². The topological polar surface area (TPSA) is 61.4 Å². The Hall–Kier alpha value is -1.69. The second-order valence-electron chi connectivity index (χ2n) is 4.23. The number of benzene rings is 2. The van der Waals surface area contributed by atoms with Crippen LogP contribution in [0, 0.1) is 0 Å². The third-order valence-electron chi connectivity index (χ3n) is 2.67. The second-order valence-corrected chi connectivity index (χ2v) is 6.11. The van der Waals surface area contributed by atoms with Gasteiger partial charge in [0.05, 0.1) is 7.11 Å². The standard InChI is InChI=1S/C15H14ClNO3S/c1-20-13-6-3-5-12(9-13)17-15(18)10-21(19)14-7-2-4-11(16)8-14/h2-9H,10H2,1H3,(H,17,18). The van der Waals surface area contributed by atoms with E-state index in [1.54, 1.807) is 55.6 Å². The highest BCUT2D eigenvalue weighted by Crippen LogP contribution is 2.19. The van der Waals surface area contributed by atoms with E-state index in [-0.39, 0.29) is 11.7 Å². The monoisotopic (exact) mass is 323 g/mol. The van der Waals surface area contributed by atoms with Gasteiger partial charge in [-0.3, -0.25) is 4.79 Å². The highest BCUT2D eigenvalue weighted by molar-refractivity contribution is 7.92. The van der Waals surface area contributed by atoms with E-state index in [9.17, 15) is 9.35 Å². The number of halogens is 1. The van der Waals surface area contributed by atoms with Crippen molar-refractivity contribution in [1.82, 2.24) is 0 Å². The Bertz CT molecular complexity index is 636. The zero-order chi connectivity index (χ0) is 15.2. The quantitative estimate of drug-likeness (QED) is 0.860. The molecule has 0 aliphatic carbocycles. The van der Waals surface area contributed by atoms with E-state index >= 15 is 0 Å². The van der Waals surface area contributed by atoms with Crippen LogP contribution in [0.15, 0.2) is 53.4 Å². The lowest BCUT2D eigenvalue weighted by Crippen LogP contribution is -2.23. The number of ether oxygens (including phenoxy) is 1. The predicted molar refractivity (Wildman–Crippen MR) is 84.4 cm³/mol. The van der Waals surface area contributed by atoms with Crippen LogP contribution in [0.4, 0.5) is 5.69 Å². The molecule has 0 aliphatic heterocycles. The SMILES string of the molecule is COc1cccc(NC(=O)C[S+]([O-])c2cccc(Cl)c2)c1. The van der Waals surface area contributed by atoms with Gasteiger partial charge < -0.3 is 14.6 Å². The molecule has 2 aromatic carbocycles. The Labute approximate surface area is 131 Å². The number of rotatable bonds is 5. The Morgan fingerprint density at radius 1 is 1.29 bits per heavy atom. The normalized spacial score (nSPS) is 11.8. The molecule has 0 heterocycles. The van der Waals surface area contributed by atoms with Crippen LogP contribution in [-0.2, 0) is 16.0 Å². The lowest BCUT2D eigenvalue weighted by Gasteiger charge is -2.11. The highest BCUT2D eigenvalue weighted by Gasteiger charge is 2.17. The zero-order valence-electron chi connectivity index (χ0n) is 11.3. The molecule has 0 aromatic heterocycles. The predicted octanol–water partition coefficient (Wildman–Crippen LogP) is 3.09. The summed E-state index contributed by atoms with van der Waals surface area (Å²) in [6.07, 6.45) is 0. The van der Waals surface area contributed by atoms with Crippen molar-refractivity contribution in [3.63, 3.8) is 0 Å². The summed E-state index contributed by atoms with van der Waals surface area (Å²) in [5.74, 6) is 0.183. The van der Waals surface area contributed by atoms with Crippen molar-refractivity contribution >= 4 is 34.4 Å². The zero-order valence-corrected chi connectivity index (χ0v) is 12.9. The van der Waals surface area contributed by atoms with E-state index in [0.717, 1.165) is 0 Å².